The van der Waals surface area contributed by atoms with Crippen molar-refractivity contribution in [3.63, 3.8) is 0 Å². The maximum absolute atomic E-state index is 15.1. The molecular formula is C26H42ClFN2O4. The lowest BCUT2D eigenvalue weighted by molar-refractivity contribution is -0.139. The normalized spacial score (nSPS) is 20.3. The number of aliphatic hydroxyl groups excluding tert-OH is 1. The van der Waals surface area contributed by atoms with E-state index in [4.69, 9.17) is 16.3 Å². The maximum Gasteiger partial charge on any atom is 0.223 e. The SMILES string of the molecule is CNC[C@@H](CC(=O)N1CCC[C@@H]([C@@](O)(CCCCOC)c2cccc(Cl)c2F)C1)[C@@H](O)C(C)C. The summed E-state index contributed by atoms with van der Waals surface area (Å²) in [6, 6.07) is 4.73. The van der Waals surface area contributed by atoms with Crippen LogP contribution in [0.5, 0.6) is 0 Å². The van der Waals surface area contributed by atoms with Gasteiger partial charge in [0.1, 0.15) is 5.82 Å². The van der Waals surface area contributed by atoms with Crippen molar-refractivity contribution in [2.45, 2.75) is 64.1 Å². The van der Waals surface area contributed by atoms with E-state index in [9.17, 15) is 15.0 Å². The number of amides is 1. The summed E-state index contributed by atoms with van der Waals surface area (Å²) in [5.74, 6) is -1.12. The van der Waals surface area contributed by atoms with Crippen LogP contribution in [-0.2, 0) is 15.1 Å². The molecule has 0 saturated carbocycles. The second kappa shape index (κ2) is 13.7. The van der Waals surface area contributed by atoms with Crippen LogP contribution < -0.4 is 5.32 Å². The van der Waals surface area contributed by atoms with Crippen molar-refractivity contribution >= 4 is 17.5 Å². The number of piperidine rings is 1. The van der Waals surface area contributed by atoms with E-state index in [0.717, 1.165) is 12.8 Å². The van der Waals surface area contributed by atoms with Gasteiger partial charge in [-0.2, -0.15) is 0 Å². The van der Waals surface area contributed by atoms with Gasteiger partial charge < -0.3 is 25.2 Å². The number of hydrogen-bond acceptors (Lipinski definition) is 5. The Labute approximate surface area is 208 Å². The molecule has 194 valence electrons. The highest BCUT2D eigenvalue weighted by molar-refractivity contribution is 6.30. The Morgan fingerprint density at radius 3 is 2.76 bits per heavy atom. The summed E-state index contributed by atoms with van der Waals surface area (Å²) in [5.41, 5.74) is -1.25. The Bertz CT molecular complexity index is 781. The van der Waals surface area contributed by atoms with E-state index in [0.29, 0.717) is 45.5 Å². The standard InChI is InChI=1S/C26H42ClFN2O4/c1-18(2)25(32)19(16-29-3)15-23(31)30-13-8-9-20(17-30)26(33,12-5-6-14-34-4)21-10-7-11-22(27)24(21)28/h7,10-11,18-20,25,29,32-33H,5-6,8-9,12-17H2,1-4H3/t19-,20-,25+,26+/m1/s1. The summed E-state index contributed by atoms with van der Waals surface area (Å²) >= 11 is 6.06. The van der Waals surface area contributed by atoms with Crippen LogP contribution in [0.15, 0.2) is 18.2 Å². The number of aliphatic hydroxyl groups is 2. The van der Waals surface area contributed by atoms with Gasteiger partial charge in [0.15, 0.2) is 0 Å². The van der Waals surface area contributed by atoms with Crippen LogP contribution in [-0.4, -0.2) is 67.5 Å². The van der Waals surface area contributed by atoms with Crippen molar-refractivity contribution in [2.24, 2.45) is 17.8 Å². The van der Waals surface area contributed by atoms with Gasteiger partial charge in [0.05, 0.1) is 16.7 Å². The molecule has 1 amide bonds. The topological polar surface area (TPSA) is 82.0 Å². The lowest BCUT2D eigenvalue weighted by Gasteiger charge is -2.43. The first-order valence-electron chi connectivity index (χ1n) is 12.4. The number of methoxy groups -OCH3 is 1. The van der Waals surface area contributed by atoms with Crippen LogP contribution in [0, 0.1) is 23.6 Å². The van der Waals surface area contributed by atoms with Crippen molar-refractivity contribution in [1.29, 1.82) is 0 Å². The number of benzene rings is 1. The van der Waals surface area contributed by atoms with E-state index in [2.05, 4.69) is 5.32 Å². The molecule has 4 atom stereocenters. The fraction of sp³-hybridized carbons (Fsp3) is 0.731. The van der Waals surface area contributed by atoms with Crippen LogP contribution in [0.1, 0.15) is 57.9 Å². The lowest BCUT2D eigenvalue weighted by atomic mass is 9.73. The molecule has 2 rings (SSSR count). The predicted molar refractivity (Wildman–Crippen MR) is 133 cm³/mol. The van der Waals surface area contributed by atoms with Gasteiger partial charge in [0.2, 0.25) is 5.91 Å². The number of halogens is 2. The number of hydrogen-bond donors (Lipinski definition) is 3. The smallest absolute Gasteiger partial charge is 0.223 e. The molecule has 1 saturated heterocycles. The molecule has 1 aliphatic rings. The Morgan fingerprint density at radius 2 is 2.12 bits per heavy atom. The Hall–Kier alpha value is -1.25. The van der Waals surface area contributed by atoms with Gasteiger partial charge in [0.25, 0.3) is 0 Å². The van der Waals surface area contributed by atoms with E-state index >= 15 is 4.39 Å². The summed E-state index contributed by atoms with van der Waals surface area (Å²) in [6.45, 7) is 5.93. The number of rotatable bonds is 13. The zero-order valence-electron chi connectivity index (χ0n) is 21.0. The molecule has 0 aromatic heterocycles. The number of likely N-dealkylation sites (tertiary alicyclic amines) is 1. The van der Waals surface area contributed by atoms with Crippen molar-refractivity contribution in [1.82, 2.24) is 10.2 Å². The second-order valence-corrected chi connectivity index (χ2v) is 10.3. The van der Waals surface area contributed by atoms with Gasteiger partial charge in [-0.25, -0.2) is 4.39 Å². The fourth-order valence-corrected chi connectivity index (χ4v) is 5.28. The Balaban J connectivity index is 2.23. The van der Waals surface area contributed by atoms with E-state index < -0.39 is 17.5 Å². The van der Waals surface area contributed by atoms with Crippen LogP contribution in [0.25, 0.3) is 0 Å². The summed E-state index contributed by atoms with van der Waals surface area (Å²) in [7, 11) is 3.44. The number of carbonyl (C=O) groups is 1. The van der Waals surface area contributed by atoms with Gasteiger partial charge >= 0.3 is 0 Å². The summed E-state index contributed by atoms with van der Waals surface area (Å²) < 4.78 is 20.2. The molecule has 3 N–H and O–H groups in total. The molecule has 1 heterocycles. The van der Waals surface area contributed by atoms with E-state index in [1.807, 2.05) is 20.9 Å². The third-order valence-corrected chi connectivity index (χ3v) is 7.38. The molecule has 0 bridgehead atoms. The predicted octanol–water partition coefficient (Wildman–Crippen LogP) is 3.96. The van der Waals surface area contributed by atoms with E-state index in [1.165, 1.54) is 6.07 Å². The second-order valence-electron chi connectivity index (χ2n) is 9.91. The zero-order valence-corrected chi connectivity index (χ0v) is 21.8. The summed E-state index contributed by atoms with van der Waals surface area (Å²) in [4.78, 5) is 15.0. The maximum atomic E-state index is 15.1. The first-order chi connectivity index (χ1) is 16.2. The van der Waals surface area contributed by atoms with Crippen molar-refractivity contribution in [3.8, 4) is 0 Å². The molecule has 1 fully saturated rings. The molecule has 0 unspecified atom stereocenters. The van der Waals surface area contributed by atoms with Gasteiger partial charge in [-0.3, -0.25) is 4.79 Å². The molecule has 0 radical (unpaired) electrons. The quantitative estimate of drug-likeness (QED) is 0.357. The molecule has 34 heavy (non-hydrogen) atoms. The monoisotopic (exact) mass is 500 g/mol. The third-order valence-electron chi connectivity index (χ3n) is 7.09. The molecular weight excluding hydrogens is 459 g/mol. The van der Waals surface area contributed by atoms with Crippen LogP contribution in [0.3, 0.4) is 0 Å². The molecule has 6 nitrogen and oxygen atoms in total. The average molecular weight is 501 g/mol. The molecule has 1 aromatic rings. The van der Waals surface area contributed by atoms with Crippen molar-refractivity contribution in [3.05, 3.63) is 34.6 Å². The molecule has 0 aliphatic carbocycles. The van der Waals surface area contributed by atoms with E-state index in [-0.39, 0.29) is 40.7 Å². The molecule has 8 heteroatoms. The fourth-order valence-electron chi connectivity index (χ4n) is 5.10. The van der Waals surface area contributed by atoms with Crippen LogP contribution in [0.4, 0.5) is 4.39 Å². The highest BCUT2D eigenvalue weighted by Crippen LogP contribution is 2.42. The Kier molecular flexibility index (Phi) is 11.7. The summed E-state index contributed by atoms with van der Waals surface area (Å²) in [5, 5.41) is 25.5. The highest BCUT2D eigenvalue weighted by Gasteiger charge is 2.43. The third kappa shape index (κ3) is 7.37. The largest absolute Gasteiger partial charge is 0.393 e. The molecule has 1 aromatic carbocycles. The number of ether oxygens (including phenoxy) is 1. The molecule has 0 spiro atoms. The number of nitrogens with zero attached hydrogens (tertiary/aromatic N) is 1. The number of nitrogens with one attached hydrogen (secondary N) is 1. The first-order valence-corrected chi connectivity index (χ1v) is 12.8. The van der Waals surface area contributed by atoms with E-state index in [1.54, 1.807) is 24.1 Å². The first kappa shape index (κ1) is 29.0. The van der Waals surface area contributed by atoms with Crippen LogP contribution in [0.2, 0.25) is 5.02 Å². The van der Waals surface area contributed by atoms with Gasteiger partial charge in [-0.05, 0) is 51.1 Å². The molecule has 1 aliphatic heterocycles. The minimum absolute atomic E-state index is 0.0193. The van der Waals surface area contributed by atoms with Gasteiger partial charge in [-0.15, -0.1) is 0 Å². The zero-order chi connectivity index (χ0) is 25.3. The number of carbonyl (C=O) groups excluding carboxylic acids is 1. The minimum Gasteiger partial charge on any atom is -0.393 e. The minimum atomic E-state index is -1.44. The summed E-state index contributed by atoms with van der Waals surface area (Å²) in [6.07, 6.45) is 2.81. The highest BCUT2D eigenvalue weighted by atomic mass is 35.5. The number of unbranched alkanes of at least 4 members (excludes halogenated alkanes) is 1. The van der Waals surface area contributed by atoms with Gasteiger partial charge in [-0.1, -0.05) is 37.6 Å². The lowest BCUT2D eigenvalue weighted by Crippen LogP contribution is -2.49. The van der Waals surface area contributed by atoms with Crippen LogP contribution >= 0.6 is 11.6 Å². The van der Waals surface area contributed by atoms with Crippen molar-refractivity contribution < 1.29 is 24.1 Å². The Morgan fingerprint density at radius 1 is 1.38 bits per heavy atom. The van der Waals surface area contributed by atoms with Gasteiger partial charge in [0, 0.05) is 57.2 Å². The van der Waals surface area contributed by atoms with Crippen molar-refractivity contribution in [2.75, 3.05) is 40.4 Å². The average Bonchev–Trinajstić information content (AvgIpc) is 2.82.